The quantitative estimate of drug-likeness (QED) is 0.249. The summed E-state index contributed by atoms with van der Waals surface area (Å²) in [6.45, 7) is 6.18. The molecule has 5 heteroatoms. The van der Waals surface area contributed by atoms with E-state index in [1.807, 2.05) is 26.0 Å². The minimum Gasteiger partial charge on any atom is -0.482 e. The van der Waals surface area contributed by atoms with Gasteiger partial charge in [0.05, 0.1) is 13.0 Å². The molecular weight excluding hydrogens is 428 g/mol. The first kappa shape index (κ1) is 26.6. The van der Waals surface area contributed by atoms with Gasteiger partial charge in [0.25, 0.3) is 0 Å². The molecule has 0 heterocycles. The lowest BCUT2D eigenvalue weighted by atomic mass is 9.73. The summed E-state index contributed by atoms with van der Waals surface area (Å²) in [6.07, 6.45) is 12.1. The van der Waals surface area contributed by atoms with Crippen molar-refractivity contribution in [3.8, 4) is 5.75 Å². The summed E-state index contributed by atoms with van der Waals surface area (Å²) in [6, 6.07) is 6.22. The van der Waals surface area contributed by atoms with E-state index in [-0.39, 0.29) is 30.6 Å². The molecule has 5 nitrogen and oxygen atoms in total. The number of benzene rings is 1. The molecular formula is C29H44O5. The van der Waals surface area contributed by atoms with Crippen LogP contribution in [0.3, 0.4) is 0 Å². The molecule has 190 valence electrons. The van der Waals surface area contributed by atoms with Gasteiger partial charge in [-0.2, -0.15) is 0 Å². The van der Waals surface area contributed by atoms with Crippen molar-refractivity contribution in [2.24, 2.45) is 23.7 Å². The number of ether oxygens (including phenoxy) is 3. The van der Waals surface area contributed by atoms with Crippen molar-refractivity contribution >= 4 is 11.9 Å². The summed E-state index contributed by atoms with van der Waals surface area (Å²) in [5.74, 6) is 2.47. The molecule has 5 atom stereocenters. The molecule has 0 bridgehead atoms. The van der Waals surface area contributed by atoms with Crippen molar-refractivity contribution in [3.05, 3.63) is 29.3 Å². The molecule has 1 saturated carbocycles. The smallest absolute Gasteiger partial charge is 0.343 e. The minimum absolute atomic E-state index is 0.0185. The van der Waals surface area contributed by atoms with Crippen LogP contribution in [0.5, 0.6) is 5.75 Å². The van der Waals surface area contributed by atoms with Gasteiger partial charge < -0.3 is 14.2 Å². The van der Waals surface area contributed by atoms with E-state index in [0.717, 1.165) is 50.7 Å². The number of carbonyl (C=O) groups is 2. The fraction of sp³-hybridized carbons (Fsp3) is 0.724. The second kappa shape index (κ2) is 13.2. The van der Waals surface area contributed by atoms with Crippen molar-refractivity contribution in [2.45, 2.75) is 97.5 Å². The number of hydrogen-bond donors (Lipinski definition) is 0. The first-order valence-electron chi connectivity index (χ1n) is 13.5. The van der Waals surface area contributed by atoms with Gasteiger partial charge in [-0.1, -0.05) is 45.7 Å². The second-order valence-electron chi connectivity index (χ2n) is 10.4. The van der Waals surface area contributed by atoms with E-state index in [1.54, 1.807) is 0 Å². The Hall–Kier alpha value is -2.04. The van der Waals surface area contributed by atoms with Crippen LogP contribution in [0.25, 0.3) is 0 Å². The van der Waals surface area contributed by atoms with E-state index in [0.29, 0.717) is 17.8 Å². The fourth-order valence-corrected chi connectivity index (χ4v) is 5.80. The molecule has 2 aliphatic rings. The van der Waals surface area contributed by atoms with Gasteiger partial charge in [-0.3, -0.25) is 4.79 Å². The molecule has 0 spiro atoms. The molecule has 1 fully saturated rings. The number of esters is 2. The average molecular weight is 473 g/mol. The van der Waals surface area contributed by atoms with Gasteiger partial charge in [0.1, 0.15) is 11.9 Å². The van der Waals surface area contributed by atoms with Crippen molar-refractivity contribution in [3.63, 3.8) is 0 Å². The predicted molar refractivity (Wildman–Crippen MR) is 134 cm³/mol. The van der Waals surface area contributed by atoms with Crippen LogP contribution in [0.1, 0.15) is 89.7 Å². The Labute approximate surface area is 205 Å². The van der Waals surface area contributed by atoms with E-state index >= 15 is 0 Å². The molecule has 0 N–H and O–H groups in total. The van der Waals surface area contributed by atoms with Gasteiger partial charge in [-0.05, 0) is 92.7 Å². The van der Waals surface area contributed by atoms with E-state index in [1.165, 1.54) is 43.9 Å². The fourth-order valence-electron chi connectivity index (χ4n) is 5.80. The van der Waals surface area contributed by atoms with Crippen LogP contribution in [-0.4, -0.2) is 31.8 Å². The molecule has 0 radical (unpaired) electrons. The number of fused-ring (bicyclic) bond motifs is 2. The van der Waals surface area contributed by atoms with Crippen molar-refractivity contribution in [1.82, 2.24) is 0 Å². The lowest BCUT2D eigenvalue weighted by Crippen LogP contribution is -2.27. The van der Waals surface area contributed by atoms with Crippen LogP contribution in [0.4, 0.5) is 0 Å². The van der Waals surface area contributed by atoms with Crippen molar-refractivity contribution < 1.29 is 23.8 Å². The topological polar surface area (TPSA) is 61.8 Å². The average Bonchev–Trinajstić information content (AvgIpc) is 3.25. The molecule has 3 rings (SSSR count). The maximum Gasteiger partial charge on any atom is 0.343 e. The van der Waals surface area contributed by atoms with Crippen LogP contribution >= 0.6 is 0 Å². The summed E-state index contributed by atoms with van der Waals surface area (Å²) in [5, 5.41) is 0. The molecule has 34 heavy (non-hydrogen) atoms. The lowest BCUT2D eigenvalue weighted by Gasteiger charge is -2.33. The zero-order valence-corrected chi connectivity index (χ0v) is 21.6. The molecule has 0 amide bonds. The number of unbranched alkanes of at least 4 members (excludes halogenated alkanes) is 2. The molecule has 1 aromatic rings. The highest BCUT2D eigenvalue weighted by Crippen LogP contribution is 2.48. The summed E-state index contributed by atoms with van der Waals surface area (Å²) in [5.41, 5.74) is 2.63. The van der Waals surface area contributed by atoms with Crippen LogP contribution in [-0.2, 0) is 31.9 Å². The van der Waals surface area contributed by atoms with E-state index in [9.17, 15) is 9.59 Å². The highest BCUT2D eigenvalue weighted by molar-refractivity contribution is 5.72. The molecule has 0 aliphatic heterocycles. The summed E-state index contributed by atoms with van der Waals surface area (Å²) in [4.78, 5) is 24.0. The summed E-state index contributed by atoms with van der Waals surface area (Å²) in [7, 11) is 1.38. The van der Waals surface area contributed by atoms with Gasteiger partial charge in [-0.15, -0.1) is 0 Å². The molecule has 0 saturated heterocycles. The SMILES string of the molecule is CCCCCC(CCC1CCC2Cc3c(cccc3OCC(=O)OC)CC12)OC(=O)C(C)CC. The maximum absolute atomic E-state index is 12.5. The normalized spacial score (nSPS) is 22.9. The predicted octanol–water partition coefficient (Wildman–Crippen LogP) is 6.30. The first-order chi connectivity index (χ1) is 16.5. The first-order valence-corrected chi connectivity index (χ1v) is 13.5. The van der Waals surface area contributed by atoms with E-state index < -0.39 is 0 Å². The lowest BCUT2D eigenvalue weighted by molar-refractivity contribution is -0.154. The molecule has 1 aromatic carbocycles. The zero-order valence-electron chi connectivity index (χ0n) is 21.6. The van der Waals surface area contributed by atoms with Crippen molar-refractivity contribution in [1.29, 1.82) is 0 Å². The van der Waals surface area contributed by atoms with Gasteiger partial charge in [0.15, 0.2) is 6.61 Å². The molecule has 0 aromatic heterocycles. The third-order valence-electron chi connectivity index (χ3n) is 8.13. The number of carbonyl (C=O) groups excluding carboxylic acids is 2. The Bertz CT molecular complexity index is 804. The van der Waals surface area contributed by atoms with E-state index in [4.69, 9.17) is 14.2 Å². The van der Waals surface area contributed by atoms with Gasteiger partial charge in [0, 0.05) is 0 Å². The minimum atomic E-state index is -0.352. The number of hydrogen-bond acceptors (Lipinski definition) is 5. The monoisotopic (exact) mass is 472 g/mol. The van der Waals surface area contributed by atoms with Gasteiger partial charge in [0.2, 0.25) is 0 Å². The Balaban J connectivity index is 1.60. The van der Waals surface area contributed by atoms with E-state index in [2.05, 4.69) is 13.0 Å². The van der Waals surface area contributed by atoms with Crippen LogP contribution in [0, 0.1) is 23.7 Å². The van der Waals surface area contributed by atoms with Crippen LogP contribution in [0.2, 0.25) is 0 Å². The largest absolute Gasteiger partial charge is 0.482 e. The molecule has 5 unspecified atom stereocenters. The summed E-state index contributed by atoms with van der Waals surface area (Å²) < 4.78 is 16.5. The van der Waals surface area contributed by atoms with Gasteiger partial charge >= 0.3 is 11.9 Å². The molecule has 2 aliphatic carbocycles. The number of rotatable bonds is 13. The van der Waals surface area contributed by atoms with Crippen LogP contribution in [0.15, 0.2) is 18.2 Å². The Morgan fingerprint density at radius 3 is 2.65 bits per heavy atom. The Morgan fingerprint density at radius 2 is 1.91 bits per heavy atom. The third kappa shape index (κ3) is 6.99. The Kier molecular flexibility index (Phi) is 10.3. The van der Waals surface area contributed by atoms with Crippen molar-refractivity contribution in [2.75, 3.05) is 13.7 Å². The Morgan fingerprint density at radius 1 is 1.09 bits per heavy atom. The van der Waals surface area contributed by atoms with Gasteiger partial charge in [-0.25, -0.2) is 4.79 Å². The summed E-state index contributed by atoms with van der Waals surface area (Å²) >= 11 is 0. The third-order valence-corrected chi connectivity index (χ3v) is 8.13. The maximum atomic E-state index is 12.5. The highest BCUT2D eigenvalue weighted by Gasteiger charge is 2.40. The zero-order chi connectivity index (χ0) is 24.5. The number of methoxy groups -OCH3 is 1. The highest BCUT2D eigenvalue weighted by atomic mass is 16.6. The standard InChI is InChI=1S/C29H44O5/c1-5-7-8-11-24(34-29(31)20(3)6-2)16-15-21-13-14-23-18-26-22(17-25(21)23)10-9-12-27(26)33-19-28(30)32-4/h9-10,12,20-21,23-25H,5-8,11,13-19H2,1-4H3. The second-order valence-corrected chi connectivity index (χ2v) is 10.4. The van der Waals surface area contributed by atoms with Crippen LogP contribution < -0.4 is 4.74 Å².